The van der Waals surface area contributed by atoms with Crippen LogP contribution in [0.5, 0.6) is 0 Å². The van der Waals surface area contributed by atoms with E-state index in [1.165, 1.54) is 44.5 Å². The third-order valence-corrected chi connectivity index (χ3v) is 5.23. The number of fused-ring (bicyclic) bond motifs is 6. The van der Waals surface area contributed by atoms with Gasteiger partial charge in [0.05, 0.1) is 0 Å². The molecule has 0 saturated heterocycles. The van der Waals surface area contributed by atoms with Crippen LogP contribution < -0.4 is 0 Å². The fourth-order valence-electron chi connectivity index (χ4n) is 4.00. The number of benzene rings is 4. The van der Waals surface area contributed by atoms with Crippen molar-refractivity contribution in [2.24, 2.45) is 0 Å². The quantitative estimate of drug-likeness (QED) is 0.144. The van der Waals surface area contributed by atoms with E-state index in [4.69, 9.17) is 18.6 Å². The molecule has 6 rings (SSSR count). The molecule has 0 spiro atoms. The third kappa shape index (κ3) is 6.25. The summed E-state index contributed by atoms with van der Waals surface area (Å²) in [6.45, 7) is 4.42. The Balaban J connectivity index is 0.000000146. The average Bonchev–Trinajstić information content (AvgIpc) is 3.39. The minimum atomic E-state index is -0.556. The van der Waals surface area contributed by atoms with E-state index in [0.717, 1.165) is 22.4 Å². The Hall–Kier alpha value is -1.61. The van der Waals surface area contributed by atoms with E-state index in [0.29, 0.717) is 0 Å². The molecule has 0 amide bonds. The summed E-state index contributed by atoms with van der Waals surface area (Å²) in [6.07, 6.45) is 2.10. The van der Waals surface area contributed by atoms with Crippen LogP contribution in [0.15, 0.2) is 84.9 Å². The van der Waals surface area contributed by atoms with Crippen LogP contribution in [-0.4, -0.2) is 9.52 Å². The zero-order valence-corrected chi connectivity index (χ0v) is 22.6. The van der Waals surface area contributed by atoms with Crippen molar-refractivity contribution in [1.82, 2.24) is 0 Å². The van der Waals surface area contributed by atoms with Crippen molar-refractivity contribution in [2.75, 3.05) is 0 Å². The van der Waals surface area contributed by atoms with E-state index < -0.39 is 17.0 Å². The van der Waals surface area contributed by atoms with Crippen LogP contribution in [0, 0.1) is 12.1 Å². The Labute approximate surface area is 211 Å². The van der Waals surface area contributed by atoms with Crippen molar-refractivity contribution < 1.29 is 17.0 Å². The van der Waals surface area contributed by atoms with Gasteiger partial charge in [0.25, 0.3) is 0 Å². The Bertz CT molecular complexity index is 965. The second-order valence-electron chi connectivity index (χ2n) is 7.44. The van der Waals surface area contributed by atoms with Crippen LogP contribution >= 0.6 is 18.6 Å². The Kier molecular flexibility index (Phi) is 10.3. The molecule has 1 radical (unpaired) electrons. The van der Waals surface area contributed by atoms with Crippen molar-refractivity contribution >= 4 is 28.1 Å². The molecule has 2 aliphatic rings. The maximum atomic E-state index is 4.89. The van der Waals surface area contributed by atoms with Crippen molar-refractivity contribution in [1.29, 1.82) is 0 Å². The van der Waals surface area contributed by atoms with Crippen molar-refractivity contribution in [2.45, 2.75) is 25.9 Å². The summed E-state index contributed by atoms with van der Waals surface area (Å²) in [6, 6.07) is 36.2. The largest absolute Gasteiger partial charge is 0.179 e. The molecule has 0 saturated carbocycles. The van der Waals surface area contributed by atoms with Crippen LogP contribution in [0.1, 0.15) is 22.3 Å². The second kappa shape index (κ2) is 13.2. The molecule has 0 N–H and O–H groups in total. The van der Waals surface area contributed by atoms with Gasteiger partial charge in [0, 0.05) is 9.52 Å². The van der Waals surface area contributed by atoms with Crippen LogP contribution in [0.25, 0.3) is 22.3 Å². The van der Waals surface area contributed by atoms with Gasteiger partial charge in [0.15, 0.2) is 0 Å². The maximum Gasteiger partial charge on any atom is -0.0253 e. The minimum absolute atomic E-state index is 0.556. The molecule has 0 atom stereocenters. The molecule has 4 aromatic rings. The number of hydrogen-bond donors (Lipinski definition) is 0. The summed E-state index contributed by atoms with van der Waals surface area (Å²) in [5, 5.41) is 0. The minimum Gasteiger partial charge on any atom is -0.179 e. The summed E-state index contributed by atoms with van der Waals surface area (Å²) in [7, 11) is 10.5. The van der Waals surface area contributed by atoms with E-state index in [1.54, 1.807) is 0 Å². The number of rotatable bonds is 0. The van der Waals surface area contributed by atoms with Crippen molar-refractivity contribution in [3.63, 3.8) is 0 Å². The van der Waals surface area contributed by atoms with Gasteiger partial charge in [-0.2, -0.15) is 59.7 Å². The molecule has 0 aliphatic heterocycles. The zero-order chi connectivity index (χ0) is 22.8. The van der Waals surface area contributed by atoms with Gasteiger partial charge in [-0.05, 0) is 12.8 Å². The molecule has 0 aromatic heterocycles. The van der Waals surface area contributed by atoms with Gasteiger partial charge in [-0.1, -0.05) is 83.9 Å². The summed E-state index contributed by atoms with van der Waals surface area (Å²) in [5.74, 6) is 0. The molecule has 0 fully saturated rings. The van der Waals surface area contributed by atoms with Crippen molar-refractivity contribution in [3.8, 4) is 22.3 Å². The maximum absolute atomic E-state index is 4.89. The first-order valence-electron chi connectivity index (χ1n) is 10.6. The topological polar surface area (TPSA) is 0 Å². The fourth-order valence-corrected chi connectivity index (χ4v) is 4.00. The average molecular weight is 508 g/mol. The van der Waals surface area contributed by atoms with E-state index in [9.17, 15) is 0 Å². The molecule has 4 heteroatoms. The number of halogens is 2. The molecule has 0 nitrogen and oxygen atoms in total. The Morgan fingerprint density at radius 3 is 1.38 bits per heavy atom. The Morgan fingerprint density at radius 1 is 0.625 bits per heavy atom. The normalized spacial score (nSPS) is 11.0. The molecule has 0 unspecified atom stereocenters. The first-order chi connectivity index (χ1) is 15.7. The van der Waals surface area contributed by atoms with Gasteiger partial charge >= 0.3 is 35.6 Å². The molecular weight excluding hydrogens is 483 g/mol. The van der Waals surface area contributed by atoms with Gasteiger partial charge in [-0.25, -0.2) is 0 Å². The monoisotopic (exact) mass is 507 g/mol. The van der Waals surface area contributed by atoms with Crippen molar-refractivity contribution in [3.05, 3.63) is 119 Å². The second-order valence-corrected chi connectivity index (χ2v) is 11.2. The van der Waals surface area contributed by atoms with Gasteiger partial charge in [-0.3, -0.25) is 0 Å². The molecule has 161 valence electrons. The van der Waals surface area contributed by atoms with Crippen LogP contribution in [0.4, 0.5) is 0 Å². The van der Waals surface area contributed by atoms with Crippen LogP contribution in [-0.2, 0) is 29.9 Å². The molecular formula is C28H25Cl2SiTi-2. The van der Waals surface area contributed by atoms with Gasteiger partial charge in [0.1, 0.15) is 0 Å². The molecule has 4 aromatic carbocycles. The van der Waals surface area contributed by atoms with E-state index in [1.807, 2.05) is 12.1 Å². The molecule has 32 heavy (non-hydrogen) atoms. The Morgan fingerprint density at radius 2 is 0.969 bits per heavy atom. The standard InChI is InChI=1S/2C13H9.C2H7Si.2ClH.Ti/c2*1-3-7-12-10(5-1)9-11-6-2-4-8-13(11)12;1-3-2;;;/h2*1-5,7-8H,9H2;3H,1-2H3;2*1H;/q2*-1;;;;+2/p-2. The predicted molar refractivity (Wildman–Crippen MR) is 138 cm³/mol. The predicted octanol–water partition coefficient (Wildman–Crippen LogP) is 8.01. The SMILES string of the molecule is C[SiH]C.[Cl][Ti][Cl].[c-]1cccc2c1Cc1ccccc1-2.[c-]1cccc2c1Cc1ccccc1-2. The van der Waals surface area contributed by atoms with Gasteiger partial charge in [-0.15, -0.1) is 11.1 Å². The van der Waals surface area contributed by atoms with E-state index >= 15 is 0 Å². The molecule has 0 heterocycles. The first kappa shape index (κ1) is 25.0. The van der Waals surface area contributed by atoms with E-state index in [2.05, 4.69) is 98.0 Å². The first-order valence-corrected chi connectivity index (χ1v) is 17.2. The summed E-state index contributed by atoms with van der Waals surface area (Å²) in [4.78, 5) is 0. The van der Waals surface area contributed by atoms with Crippen LogP contribution in [0.3, 0.4) is 0 Å². The van der Waals surface area contributed by atoms with E-state index in [-0.39, 0.29) is 0 Å². The molecule has 2 aliphatic carbocycles. The summed E-state index contributed by atoms with van der Waals surface area (Å²) in [5.41, 5.74) is 11.0. The molecule has 0 bridgehead atoms. The summed E-state index contributed by atoms with van der Waals surface area (Å²) >= 11 is -0.556. The van der Waals surface area contributed by atoms with Gasteiger partial charge in [0.2, 0.25) is 0 Å². The van der Waals surface area contributed by atoms with Gasteiger partial charge < -0.3 is 0 Å². The fraction of sp³-hybridized carbons (Fsp3) is 0.143. The zero-order valence-electron chi connectivity index (χ0n) is 18.3. The van der Waals surface area contributed by atoms with Crippen LogP contribution in [0.2, 0.25) is 13.1 Å². The smallest absolute Gasteiger partial charge is 0.0253 e. The third-order valence-electron chi connectivity index (χ3n) is 5.23. The number of hydrogen-bond acceptors (Lipinski definition) is 0. The summed E-state index contributed by atoms with van der Waals surface area (Å²) < 4.78 is 0.